The van der Waals surface area contributed by atoms with Gasteiger partial charge in [-0.15, -0.1) is 0 Å². The number of amides is 1. The summed E-state index contributed by atoms with van der Waals surface area (Å²) in [4.78, 5) is 29.3. The number of anilines is 1. The smallest absolute Gasteiger partial charge is 0.469 e. The van der Waals surface area contributed by atoms with E-state index in [1.54, 1.807) is 29.0 Å². The molecule has 216 valence electrons. The molecule has 39 heavy (non-hydrogen) atoms. The molecule has 9 nitrogen and oxygen atoms in total. The van der Waals surface area contributed by atoms with Crippen LogP contribution in [0.4, 0.5) is 18.9 Å². The number of benzene rings is 1. The number of carbonyl (C=O) groups is 2. The second-order valence-corrected chi connectivity index (χ2v) is 11.5. The summed E-state index contributed by atoms with van der Waals surface area (Å²) in [6.07, 6.45) is 3.98. The predicted molar refractivity (Wildman–Crippen MR) is 140 cm³/mol. The van der Waals surface area contributed by atoms with E-state index >= 15 is 0 Å². The number of aryl methyl sites for hydroxylation is 1. The molecular weight excluding hydrogens is 561 g/mol. The highest BCUT2D eigenvalue weighted by molar-refractivity contribution is 7.90. The van der Waals surface area contributed by atoms with Crippen molar-refractivity contribution in [2.24, 2.45) is 5.92 Å². The number of unbranched alkanes of at least 4 members (excludes halogenated alkanes) is 1. The number of imidazole rings is 1. The topological polar surface area (TPSA) is 119 Å². The molecule has 1 aliphatic carbocycles. The first-order chi connectivity index (χ1) is 18.4. The van der Waals surface area contributed by atoms with Crippen LogP contribution in [0, 0.1) is 5.92 Å². The minimum absolute atomic E-state index is 0.0384. The summed E-state index contributed by atoms with van der Waals surface area (Å²) in [6.45, 7) is 2.42. The monoisotopic (exact) mass is 592 g/mol. The highest BCUT2D eigenvalue weighted by Crippen LogP contribution is 2.30. The van der Waals surface area contributed by atoms with Gasteiger partial charge < -0.3 is 14.6 Å². The lowest BCUT2D eigenvalue weighted by molar-refractivity contribution is -0.139. The second kappa shape index (κ2) is 13.1. The molecule has 0 radical (unpaired) electrons. The summed E-state index contributed by atoms with van der Waals surface area (Å²) in [5.41, 5.74) is -3.67. The number of halogens is 4. The standard InChI is InChI=1S/C25H32ClF3N4O5S/c1-3-4-9-21-31-23(26)20(14-22(34)38-2)33(21)15-16-10-12-17(13-11-16)30-24(35)18-7-5-6-8-19(18)32-39(36,37)25(27,28)29/h10-13,18-19,32H,3-9,14-15H2,1-2H3,(H,30,35)/t18-,19+/m1/s1. The number of nitrogens with one attached hydrogen (secondary N) is 2. The third kappa shape index (κ3) is 7.95. The van der Waals surface area contributed by atoms with Crippen molar-refractivity contribution in [2.45, 2.75) is 76.4 Å². The Labute approximate surface area is 230 Å². The van der Waals surface area contributed by atoms with Crippen LogP contribution in [0.25, 0.3) is 0 Å². The molecule has 0 saturated heterocycles. The van der Waals surface area contributed by atoms with E-state index in [4.69, 9.17) is 16.3 Å². The number of rotatable bonds is 11. The molecule has 1 aliphatic rings. The van der Waals surface area contributed by atoms with Crippen molar-refractivity contribution < 1.29 is 35.9 Å². The zero-order valence-corrected chi connectivity index (χ0v) is 23.3. The molecule has 2 N–H and O–H groups in total. The molecule has 2 aromatic rings. The Morgan fingerprint density at radius 3 is 2.46 bits per heavy atom. The van der Waals surface area contributed by atoms with Gasteiger partial charge in [0.2, 0.25) is 5.91 Å². The van der Waals surface area contributed by atoms with E-state index in [1.807, 2.05) is 4.57 Å². The van der Waals surface area contributed by atoms with Crippen molar-refractivity contribution in [3.63, 3.8) is 0 Å². The average Bonchev–Trinajstić information content (AvgIpc) is 3.16. The number of hydrogen-bond donors (Lipinski definition) is 2. The maximum Gasteiger partial charge on any atom is 0.511 e. The summed E-state index contributed by atoms with van der Waals surface area (Å²) in [6, 6.07) is 5.68. The van der Waals surface area contributed by atoms with Gasteiger partial charge in [0.25, 0.3) is 0 Å². The Hall–Kier alpha value is -2.64. The van der Waals surface area contributed by atoms with Crippen molar-refractivity contribution in [1.29, 1.82) is 0 Å². The maximum absolute atomic E-state index is 12.9. The number of alkyl halides is 3. The SMILES string of the molecule is CCCCc1nc(Cl)c(CC(=O)OC)n1Cc1ccc(NC(=O)[C@@H]2CCCC[C@@H]2NS(=O)(=O)C(F)(F)F)cc1. The molecule has 0 spiro atoms. The van der Waals surface area contributed by atoms with E-state index < -0.39 is 39.4 Å². The number of sulfonamides is 1. The third-order valence-corrected chi connectivity index (χ3v) is 8.20. The molecule has 14 heteroatoms. The van der Waals surface area contributed by atoms with Crippen molar-refractivity contribution in [2.75, 3.05) is 12.4 Å². The molecule has 1 aromatic carbocycles. The van der Waals surface area contributed by atoms with E-state index in [0.29, 0.717) is 37.2 Å². The Morgan fingerprint density at radius 1 is 1.18 bits per heavy atom. The van der Waals surface area contributed by atoms with Gasteiger partial charge in [0.05, 0.1) is 25.1 Å². The van der Waals surface area contributed by atoms with E-state index in [2.05, 4.69) is 17.2 Å². The Bertz CT molecular complexity index is 1270. The molecular formula is C25H32ClF3N4O5S. The molecule has 1 heterocycles. The molecule has 3 rings (SSSR count). The largest absolute Gasteiger partial charge is 0.511 e. The Balaban J connectivity index is 1.73. The van der Waals surface area contributed by atoms with E-state index in [1.165, 1.54) is 7.11 Å². The first-order valence-electron chi connectivity index (χ1n) is 12.6. The molecule has 1 amide bonds. The molecule has 2 atom stereocenters. The Morgan fingerprint density at radius 2 is 1.85 bits per heavy atom. The summed E-state index contributed by atoms with van der Waals surface area (Å²) >= 11 is 6.34. The van der Waals surface area contributed by atoms with Crippen molar-refractivity contribution in [3.8, 4) is 0 Å². The van der Waals surface area contributed by atoms with Gasteiger partial charge in [0.15, 0.2) is 5.15 Å². The van der Waals surface area contributed by atoms with Gasteiger partial charge in [0.1, 0.15) is 5.82 Å². The van der Waals surface area contributed by atoms with Gasteiger partial charge in [-0.2, -0.15) is 13.2 Å². The van der Waals surface area contributed by atoms with Crippen LogP contribution in [0.15, 0.2) is 24.3 Å². The van der Waals surface area contributed by atoms with Crippen LogP contribution in [0.3, 0.4) is 0 Å². The number of ether oxygens (including phenoxy) is 1. The van der Waals surface area contributed by atoms with Gasteiger partial charge in [0, 0.05) is 24.7 Å². The minimum Gasteiger partial charge on any atom is -0.469 e. The van der Waals surface area contributed by atoms with Crippen LogP contribution in [0.2, 0.25) is 5.15 Å². The van der Waals surface area contributed by atoms with Crippen LogP contribution in [0.1, 0.15) is 62.5 Å². The summed E-state index contributed by atoms with van der Waals surface area (Å²) in [5, 5.41) is 2.92. The first kappa shape index (κ1) is 30.9. The predicted octanol–water partition coefficient (Wildman–Crippen LogP) is 4.58. The van der Waals surface area contributed by atoms with Crippen LogP contribution in [-0.4, -0.2) is 48.5 Å². The zero-order valence-electron chi connectivity index (χ0n) is 21.7. The number of esters is 1. The molecule has 1 saturated carbocycles. The van der Waals surface area contributed by atoms with Crippen LogP contribution in [-0.2, 0) is 43.7 Å². The quantitative estimate of drug-likeness (QED) is 0.369. The van der Waals surface area contributed by atoms with Crippen LogP contribution in [0.5, 0.6) is 0 Å². The minimum atomic E-state index is -5.57. The second-order valence-electron chi connectivity index (χ2n) is 9.46. The van der Waals surface area contributed by atoms with Gasteiger partial charge in [-0.25, -0.2) is 18.1 Å². The molecule has 0 unspecified atom stereocenters. The molecule has 0 aliphatic heterocycles. The number of aromatic nitrogens is 2. The van der Waals surface area contributed by atoms with E-state index in [-0.39, 0.29) is 24.4 Å². The number of methoxy groups -OCH3 is 1. The van der Waals surface area contributed by atoms with Crippen molar-refractivity contribution >= 4 is 39.2 Å². The number of hydrogen-bond acceptors (Lipinski definition) is 6. The summed E-state index contributed by atoms with van der Waals surface area (Å²) < 4.78 is 70.1. The van der Waals surface area contributed by atoms with E-state index in [0.717, 1.165) is 24.2 Å². The number of nitrogens with zero attached hydrogens (tertiary/aromatic N) is 2. The molecule has 0 bridgehead atoms. The maximum atomic E-state index is 12.9. The van der Waals surface area contributed by atoms with E-state index in [9.17, 15) is 31.2 Å². The third-order valence-electron chi connectivity index (χ3n) is 6.67. The average molecular weight is 593 g/mol. The number of carbonyl (C=O) groups excluding carboxylic acids is 2. The van der Waals surface area contributed by atoms with Gasteiger partial charge >= 0.3 is 21.5 Å². The lowest BCUT2D eigenvalue weighted by Gasteiger charge is -2.31. The highest BCUT2D eigenvalue weighted by atomic mass is 35.5. The van der Waals surface area contributed by atoms with Crippen molar-refractivity contribution in [3.05, 3.63) is 46.5 Å². The fraction of sp³-hybridized carbons (Fsp3) is 0.560. The van der Waals surface area contributed by atoms with Crippen LogP contribution < -0.4 is 10.0 Å². The lowest BCUT2D eigenvalue weighted by Crippen LogP contribution is -2.50. The fourth-order valence-corrected chi connectivity index (χ4v) is 5.64. The van der Waals surface area contributed by atoms with Gasteiger partial charge in [-0.1, -0.05) is 49.9 Å². The zero-order chi connectivity index (χ0) is 28.8. The Kier molecular flexibility index (Phi) is 10.4. The van der Waals surface area contributed by atoms with Gasteiger partial charge in [-0.3, -0.25) is 9.59 Å². The summed E-state index contributed by atoms with van der Waals surface area (Å²) in [5.74, 6) is -1.20. The van der Waals surface area contributed by atoms with Crippen molar-refractivity contribution in [1.82, 2.24) is 14.3 Å². The van der Waals surface area contributed by atoms with Gasteiger partial charge in [-0.05, 0) is 37.0 Å². The first-order valence-corrected chi connectivity index (χ1v) is 14.5. The lowest BCUT2D eigenvalue weighted by atomic mass is 9.84. The summed E-state index contributed by atoms with van der Waals surface area (Å²) in [7, 11) is -4.27. The van der Waals surface area contributed by atoms with Crippen LogP contribution >= 0.6 is 11.6 Å². The normalized spacial score (nSPS) is 18.1. The molecule has 1 fully saturated rings. The highest BCUT2D eigenvalue weighted by Gasteiger charge is 2.48. The molecule has 1 aromatic heterocycles. The fourth-order valence-electron chi connectivity index (χ4n) is 4.56.